The van der Waals surface area contributed by atoms with E-state index in [-0.39, 0.29) is 24.7 Å². The van der Waals surface area contributed by atoms with Crippen LogP contribution < -0.4 is 5.73 Å². The van der Waals surface area contributed by atoms with E-state index in [9.17, 15) is 4.79 Å². The molecule has 0 spiro atoms. The quantitative estimate of drug-likeness (QED) is 0.744. The average molecular weight is 229 g/mol. The van der Waals surface area contributed by atoms with Crippen LogP contribution in [-0.2, 0) is 14.3 Å². The van der Waals surface area contributed by atoms with Crippen molar-refractivity contribution in [3.8, 4) is 0 Å². The Labute approximate surface area is 97.5 Å². The first-order chi connectivity index (χ1) is 7.28. The van der Waals surface area contributed by atoms with Crippen molar-refractivity contribution in [1.29, 1.82) is 0 Å². The number of hydrogen-bond acceptors (Lipinski definition) is 4. The van der Waals surface area contributed by atoms with Crippen LogP contribution in [0.1, 0.15) is 40.5 Å². The molecule has 1 rings (SSSR count). The van der Waals surface area contributed by atoms with Gasteiger partial charge in [-0.3, -0.25) is 0 Å². The number of carbonyl (C=O) groups is 1. The lowest BCUT2D eigenvalue weighted by atomic mass is 10.1. The van der Waals surface area contributed by atoms with Gasteiger partial charge < -0.3 is 15.2 Å². The zero-order valence-electron chi connectivity index (χ0n) is 10.7. The molecule has 0 aliphatic heterocycles. The minimum absolute atomic E-state index is 0.0291. The molecule has 0 aromatic heterocycles. The molecule has 2 N–H and O–H groups in total. The molecule has 0 bridgehead atoms. The second-order valence-corrected chi connectivity index (χ2v) is 5.63. The van der Waals surface area contributed by atoms with Gasteiger partial charge in [0.15, 0.2) is 0 Å². The summed E-state index contributed by atoms with van der Waals surface area (Å²) in [5.41, 5.74) is 5.44. The van der Waals surface area contributed by atoms with Gasteiger partial charge in [-0.15, -0.1) is 0 Å². The second kappa shape index (κ2) is 5.15. The fourth-order valence-electron chi connectivity index (χ4n) is 1.91. The van der Waals surface area contributed by atoms with Crippen LogP contribution in [0.4, 0.5) is 0 Å². The molecule has 16 heavy (non-hydrogen) atoms. The minimum Gasteiger partial charge on any atom is -0.458 e. The van der Waals surface area contributed by atoms with Crippen LogP contribution in [0.25, 0.3) is 0 Å². The standard InChI is InChI=1S/C12H23NO3/c1-8-5-9(6-10(8)13)15-7-11(14)16-12(2,3)4/h8-10H,5-7,13H2,1-4H3. The first kappa shape index (κ1) is 13.5. The van der Waals surface area contributed by atoms with Gasteiger partial charge in [-0.05, 0) is 39.5 Å². The summed E-state index contributed by atoms with van der Waals surface area (Å²) in [5.74, 6) is 0.171. The zero-order valence-corrected chi connectivity index (χ0v) is 10.7. The fraction of sp³-hybridized carbons (Fsp3) is 0.917. The molecular formula is C12H23NO3. The Kier molecular flexibility index (Phi) is 4.33. The van der Waals surface area contributed by atoms with Crippen LogP contribution in [0.3, 0.4) is 0 Å². The number of nitrogens with two attached hydrogens (primary N) is 1. The van der Waals surface area contributed by atoms with E-state index in [0.29, 0.717) is 5.92 Å². The molecule has 94 valence electrons. The lowest BCUT2D eigenvalue weighted by molar-refractivity contribution is -0.162. The summed E-state index contributed by atoms with van der Waals surface area (Å²) >= 11 is 0. The van der Waals surface area contributed by atoms with Crippen molar-refractivity contribution >= 4 is 5.97 Å². The van der Waals surface area contributed by atoms with E-state index in [1.807, 2.05) is 20.8 Å². The maximum Gasteiger partial charge on any atom is 0.332 e. The second-order valence-electron chi connectivity index (χ2n) is 5.63. The van der Waals surface area contributed by atoms with E-state index >= 15 is 0 Å². The Balaban J connectivity index is 2.23. The highest BCUT2D eigenvalue weighted by atomic mass is 16.6. The number of rotatable bonds is 3. The van der Waals surface area contributed by atoms with Gasteiger partial charge in [-0.25, -0.2) is 4.79 Å². The molecule has 1 aliphatic carbocycles. The number of esters is 1. The Morgan fingerprint density at radius 2 is 2.00 bits per heavy atom. The van der Waals surface area contributed by atoms with Gasteiger partial charge in [-0.2, -0.15) is 0 Å². The lowest BCUT2D eigenvalue weighted by Crippen LogP contribution is -2.28. The van der Waals surface area contributed by atoms with Crippen LogP contribution in [0, 0.1) is 5.92 Å². The molecule has 1 saturated carbocycles. The smallest absolute Gasteiger partial charge is 0.332 e. The number of carbonyl (C=O) groups excluding carboxylic acids is 1. The Bertz CT molecular complexity index is 237. The third-order valence-corrected chi connectivity index (χ3v) is 2.76. The third-order valence-electron chi connectivity index (χ3n) is 2.76. The Hall–Kier alpha value is -0.610. The molecule has 1 fully saturated rings. The summed E-state index contributed by atoms with van der Waals surface area (Å²) in [6.45, 7) is 7.68. The molecule has 3 unspecified atom stereocenters. The molecular weight excluding hydrogens is 206 g/mol. The monoisotopic (exact) mass is 229 g/mol. The van der Waals surface area contributed by atoms with Crippen molar-refractivity contribution in [2.24, 2.45) is 11.7 Å². The van der Waals surface area contributed by atoms with Crippen molar-refractivity contribution in [3.05, 3.63) is 0 Å². The molecule has 4 heteroatoms. The van der Waals surface area contributed by atoms with E-state index in [0.717, 1.165) is 12.8 Å². The van der Waals surface area contributed by atoms with Gasteiger partial charge in [0.05, 0.1) is 6.10 Å². The third kappa shape index (κ3) is 4.49. The first-order valence-electron chi connectivity index (χ1n) is 5.87. The maximum atomic E-state index is 11.4. The molecule has 0 heterocycles. The Morgan fingerprint density at radius 3 is 2.44 bits per heavy atom. The van der Waals surface area contributed by atoms with Crippen LogP contribution in [-0.4, -0.2) is 30.3 Å². The van der Waals surface area contributed by atoms with E-state index in [1.54, 1.807) is 0 Å². The predicted octanol–water partition coefficient (Wildman–Crippen LogP) is 1.47. The van der Waals surface area contributed by atoms with Gasteiger partial charge >= 0.3 is 5.97 Å². The molecule has 0 amide bonds. The van der Waals surface area contributed by atoms with Gasteiger partial charge in [0.25, 0.3) is 0 Å². The first-order valence-corrected chi connectivity index (χ1v) is 5.87. The van der Waals surface area contributed by atoms with Crippen molar-refractivity contribution < 1.29 is 14.3 Å². The van der Waals surface area contributed by atoms with E-state index in [2.05, 4.69) is 6.92 Å². The molecule has 1 aliphatic rings. The average Bonchev–Trinajstić information content (AvgIpc) is 2.40. The topological polar surface area (TPSA) is 61.5 Å². The van der Waals surface area contributed by atoms with Crippen molar-refractivity contribution in [2.45, 2.75) is 58.3 Å². The molecule has 4 nitrogen and oxygen atoms in total. The number of hydrogen-bond donors (Lipinski definition) is 1. The zero-order chi connectivity index (χ0) is 12.3. The highest BCUT2D eigenvalue weighted by molar-refractivity contribution is 5.71. The summed E-state index contributed by atoms with van der Waals surface area (Å²) in [5, 5.41) is 0. The van der Waals surface area contributed by atoms with Gasteiger partial charge in [0.1, 0.15) is 12.2 Å². The molecule has 0 saturated heterocycles. The molecule has 3 atom stereocenters. The summed E-state index contributed by atoms with van der Waals surface area (Å²) in [7, 11) is 0. The maximum absolute atomic E-state index is 11.4. The van der Waals surface area contributed by atoms with Crippen LogP contribution >= 0.6 is 0 Å². The van der Waals surface area contributed by atoms with E-state index in [4.69, 9.17) is 15.2 Å². The predicted molar refractivity (Wildman–Crippen MR) is 62.0 cm³/mol. The van der Waals surface area contributed by atoms with E-state index < -0.39 is 5.60 Å². The minimum atomic E-state index is -0.445. The lowest BCUT2D eigenvalue weighted by Gasteiger charge is -2.20. The highest BCUT2D eigenvalue weighted by Crippen LogP contribution is 2.26. The summed E-state index contributed by atoms with van der Waals surface area (Å²) in [6.07, 6.45) is 1.88. The largest absolute Gasteiger partial charge is 0.458 e. The van der Waals surface area contributed by atoms with Gasteiger partial charge in [-0.1, -0.05) is 6.92 Å². The number of ether oxygens (including phenoxy) is 2. The molecule has 0 radical (unpaired) electrons. The van der Waals surface area contributed by atoms with Crippen LogP contribution in [0.2, 0.25) is 0 Å². The fourth-order valence-corrected chi connectivity index (χ4v) is 1.91. The van der Waals surface area contributed by atoms with Gasteiger partial charge in [0.2, 0.25) is 0 Å². The van der Waals surface area contributed by atoms with Crippen LogP contribution in [0.15, 0.2) is 0 Å². The summed E-state index contributed by atoms with van der Waals surface area (Å²) < 4.78 is 10.7. The normalized spacial score (nSPS) is 30.4. The molecule has 0 aromatic carbocycles. The van der Waals surface area contributed by atoms with Crippen molar-refractivity contribution in [3.63, 3.8) is 0 Å². The summed E-state index contributed by atoms with van der Waals surface area (Å²) in [4.78, 5) is 11.4. The van der Waals surface area contributed by atoms with Crippen molar-refractivity contribution in [1.82, 2.24) is 0 Å². The van der Waals surface area contributed by atoms with Crippen molar-refractivity contribution in [2.75, 3.05) is 6.61 Å². The Morgan fingerprint density at radius 1 is 1.38 bits per heavy atom. The van der Waals surface area contributed by atoms with Gasteiger partial charge in [0, 0.05) is 6.04 Å². The SMILES string of the molecule is CC1CC(OCC(=O)OC(C)(C)C)CC1N. The van der Waals surface area contributed by atoms with Crippen LogP contribution in [0.5, 0.6) is 0 Å². The molecule has 0 aromatic rings. The summed E-state index contributed by atoms with van der Waals surface area (Å²) in [6, 6.07) is 0.198. The van der Waals surface area contributed by atoms with E-state index in [1.165, 1.54) is 0 Å². The highest BCUT2D eigenvalue weighted by Gasteiger charge is 2.30.